The molecule has 0 radical (unpaired) electrons. The maximum absolute atomic E-state index is 5.69. The number of hydrogen-bond donors (Lipinski definition) is 1. The molecule has 2 aromatic carbocycles. The van der Waals surface area contributed by atoms with Crippen molar-refractivity contribution in [3.05, 3.63) is 65.4 Å². The van der Waals surface area contributed by atoms with Crippen molar-refractivity contribution in [1.82, 2.24) is 9.88 Å². The van der Waals surface area contributed by atoms with Gasteiger partial charge in [0.1, 0.15) is 5.75 Å². The molecule has 1 aliphatic rings. The van der Waals surface area contributed by atoms with Gasteiger partial charge in [0.2, 0.25) is 0 Å². The molecule has 0 spiro atoms. The number of methoxy groups -OCH3 is 1. The fourth-order valence-electron chi connectivity index (χ4n) is 4.07. The lowest BCUT2D eigenvalue weighted by Crippen LogP contribution is -2.26. The Balaban J connectivity index is 1.92. The second-order valence-corrected chi connectivity index (χ2v) is 6.63. The second kappa shape index (κ2) is 6.33. The van der Waals surface area contributed by atoms with Gasteiger partial charge in [0.05, 0.1) is 13.2 Å². The fourth-order valence-corrected chi connectivity index (χ4v) is 4.07. The number of aromatic amines is 1. The van der Waals surface area contributed by atoms with Crippen LogP contribution in [0.15, 0.2) is 48.7 Å². The monoisotopic (exact) mass is 320 g/mol. The van der Waals surface area contributed by atoms with Gasteiger partial charge in [-0.15, -0.1) is 0 Å². The van der Waals surface area contributed by atoms with Crippen molar-refractivity contribution in [1.29, 1.82) is 0 Å². The summed E-state index contributed by atoms with van der Waals surface area (Å²) in [5.41, 5.74) is 5.15. The largest absolute Gasteiger partial charge is 0.496 e. The molecule has 3 heteroatoms. The van der Waals surface area contributed by atoms with E-state index in [2.05, 4.69) is 59.4 Å². The van der Waals surface area contributed by atoms with Crippen LogP contribution in [0.1, 0.15) is 35.6 Å². The summed E-state index contributed by atoms with van der Waals surface area (Å²) in [6.45, 7) is 4.48. The topological polar surface area (TPSA) is 28.3 Å². The van der Waals surface area contributed by atoms with Crippen molar-refractivity contribution in [3.63, 3.8) is 0 Å². The summed E-state index contributed by atoms with van der Waals surface area (Å²) in [5.74, 6) is 0.970. The van der Waals surface area contributed by atoms with E-state index in [9.17, 15) is 0 Å². The quantitative estimate of drug-likeness (QED) is 0.756. The highest BCUT2D eigenvalue weighted by Gasteiger charge is 2.29. The minimum atomic E-state index is 0.235. The van der Waals surface area contributed by atoms with Gasteiger partial charge in [0.15, 0.2) is 0 Å². The van der Waals surface area contributed by atoms with E-state index in [1.54, 1.807) is 7.11 Å². The van der Waals surface area contributed by atoms with E-state index in [0.29, 0.717) is 0 Å². The van der Waals surface area contributed by atoms with Crippen LogP contribution < -0.4 is 4.74 Å². The number of benzene rings is 2. The minimum Gasteiger partial charge on any atom is -0.496 e. The summed E-state index contributed by atoms with van der Waals surface area (Å²) < 4.78 is 5.69. The molecule has 3 nitrogen and oxygen atoms in total. The van der Waals surface area contributed by atoms with Crippen LogP contribution in [-0.4, -0.2) is 30.1 Å². The number of nitrogens with one attached hydrogen (secondary N) is 1. The molecule has 1 N–H and O–H groups in total. The zero-order valence-electron chi connectivity index (χ0n) is 14.4. The van der Waals surface area contributed by atoms with Crippen molar-refractivity contribution in [2.75, 3.05) is 20.2 Å². The van der Waals surface area contributed by atoms with Gasteiger partial charge in [-0.1, -0.05) is 30.3 Å². The molecular formula is C21H24N2O. The maximum atomic E-state index is 5.69. The predicted octanol–water partition coefficient (Wildman–Crippen LogP) is 4.67. The summed E-state index contributed by atoms with van der Waals surface area (Å²) in [4.78, 5) is 6.06. The Morgan fingerprint density at radius 1 is 1.00 bits per heavy atom. The summed E-state index contributed by atoms with van der Waals surface area (Å²) in [7, 11) is 1.76. The summed E-state index contributed by atoms with van der Waals surface area (Å²) >= 11 is 0. The molecule has 1 unspecified atom stereocenters. The first kappa shape index (κ1) is 15.3. The lowest BCUT2D eigenvalue weighted by molar-refractivity contribution is 0.275. The number of H-pyrrole nitrogens is 1. The SMILES string of the molecule is COc1ccccc1C(c1c[nH]c2cccc(C)c12)N1CCCC1. The number of fused-ring (bicyclic) bond motifs is 1. The average molecular weight is 320 g/mol. The number of ether oxygens (including phenoxy) is 1. The molecule has 1 aliphatic heterocycles. The third-order valence-corrected chi connectivity index (χ3v) is 5.18. The first-order chi connectivity index (χ1) is 11.8. The molecular weight excluding hydrogens is 296 g/mol. The third-order valence-electron chi connectivity index (χ3n) is 5.18. The van der Waals surface area contributed by atoms with Crippen LogP contribution in [0, 0.1) is 6.92 Å². The van der Waals surface area contributed by atoms with Crippen molar-refractivity contribution in [3.8, 4) is 5.75 Å². The van der Waals surface area contributed by atoms with Crippen molar-refractivity contribution in [2.45, 2.75) is 25.8 Å². The summed E-state index contributed by atoms with van der Waals surface area (Å²) in [6.07, 6.45) is 4.73. The van der Waals surface area contributed by atoms with E-state index in [-0.39, 0.29) is 6.04 Å². The Morgan fingerprint density at radius 3 is 2.58 bits per heavy atom. The van der Waals surface area contributed by atoms with Crippen LogP contribution in [0.5, 0.6) is 5.75 Å². The van der Waals surface area contributed by atoms with E-state index in [4.69, 9.17) is 4.74 Å². The number of para-hydroxylation sites is 1. The van der Waals surface area contributed by atoms with Crippen LogP contribution in [0.4, 0.5) is 0 Å². The zero-order chi connectivity index (χ0) is 16.5. The Morgan fingerprint density at radius 2 is 1.79 bits per heavy atom. The van der Waals surface area contributed by atoms with Gasteiger partial charge >= 0.3 is 0 Å². The molecule has 124 valence electrons. The van der Waals surface area contributed by atoms with Gasteiger partial charge in [0.25, 0.3) is 0 Å². The van der Waals surface area contributed by atoms with Crippen LogP contribution in [0.25, 0.3) is 10.9 Å². The normalized spacial score (nSPS) is 16.6. The van der Waals surface area contributed by atoms with E-state index in [1.165, 1.54) is 40.4 Å². The number of aromatic nitrogens is 1. The van der Waals surface area contributed by atoms with Gasteiger partial charge in [-0.2, -0.15) is 0 Å². The van der Waals surface area contributed by atoms with Crippen molar-refractivity contribution >= 4 is 10.9 Å². The number of rotatable bonds is 4. The van der Waals surface area contributed by atoms with E-state index in [1.807, 2.05) is 6.07 Å². The van der Waals surface area contributed by atoms with Crippen LogP contribution in [-0.2, 0) is 0 Å². The third kappa shape index (κ3) is 2.49. The smallest absolute Gasteiger partial charge is 0.123 e. The molecule has 0 saturated carbocycles. The molecule has 0 aliphatic carbocycles. The van der Waals surface area contributed by atoms with E-state index in [0.717, 1.165) is 18.8 Å². The van der Waals surface area contributed by atoms with Crippen LogP contribution in [0.2, 0.25) is 0 Å². The van der Waals surface area contributed by atoms with Gasteiger partial charge in [-0.25, -0.2) is 0 Å². The average Bonchev–Trinajstić information content (AvgIpc) is 3.27. The molecule has 1 aromatic heterocycles. The first-order valence-electron chi connectivity index (χ1n) is 8.73. The molecule has 3 aromatic rings. The summed E-state index contributed by atoms with van der Waals surface area (Å²) in [5, 5.41) is 1.35. The van der Waals surface area contributed by atoms with Crippen molar-refractivity contribution in [2.24, 2.45) is 0 Å². The Kier molecular flexibility index (Phi) is 4.03. The molecule has 24 heavy (non-hydrogen) atoms. The number of aryl methyl sites for hydroxylation is 1. The molecule has 1 fully saturated rings. The molecule has 1 atom stereocenters. The lowest BCUT2D eigenvalue weighted by Gasteiger charge is -2.29. The minimum absolute atomic E-state index is 0.235. The predicted molar refractivity (Wildman–Crippen MR) is 98.7 cm³/mol. The number of likely N-dealkylation sites (tertiary alicyclic amines) is 1. The highest BCUT2D eigenvalue weighted by atomic mass is 16.5. The van der Waals surface area contributed by atoms with E-state index < -0.39 is 0 Å². The first-order valence-corrected chi connectivity index (χ1v) is 8.73. The maximum Gasteiger partial charge on any atom is 0.123 e. The van der Waals surface area contributed by atoms with E-state index >= 15 is 0 Å². The zero-order valence-corrected chi connectivity index (χ0v) is 14.4. The molecule has 0 amide bonds. The molecule has 2 heterocycles. The number of nitrogens with zero attached hydrogens (tertiary/aromatic N) is 1. The van der Waals surface area contributed by atoms with Gasteiger partial charge in [0, 0.05) is 22.7 Å². The standard InChI is InChI=1S/C21H24N2O/c1-15-8-7-10-18-20(15)17(14-22-18)21(23-12-5-6-13-23)16-9-3-4-11-19(16)24-2/h3-4,7-11,14,21-22H,5-6,12-13H2,1-2H3. The molecule has 1 saturated heterocycles. The highest BCUT2D eigenvalue weighted by Crippen LogP contribution is 2.40. The second-order valence-electron chi connectivity index (χ2n) is 6.63. The number of hydrogen-bond acceptors (Lipinski definition) is 2. The highest BCUT2D eigenvalue weighted by molar-refractivity contribution is 5.87. The summed E-state index contributed by atoms with van der Waals surface area (Å²) in [6, 6.07) is 15.1. The molecule has 0 bridgehead atoms. The lowest BCUT2D eigenvalue weighted by atomic mass is 9.94. The van der Waals surface area contributed by atoms with Gasteiger partial charge in [-0.3, -0.25) is 4.90 Å². The molecule has 4 rings (SSSR count). The Hall–Kier alpha value is -2.26. The van der Waals surface area contributed by atoms with Crippen LogP contribution in [0.3, 0.4) is 0 Å². The van der Waals surface area contributed by atoms with Gasteiger partial charge in [-0.05, 0) is 56.1 Å². The van der Waals surface area contributed by atoms with Crippen LogP contribution >= 0.6 is 0 Å². The van der Waals surface area contributed by atoms with Gasteiger partial charge < -0.3 is 9.72 Å². The Labute approximate surface area is 143 Å². The Bertz CT molecular complexity index is 846. The fraction of sp³-hybridized carbons (Fsp3) is 0.333. The van der Waals surface area contributed by atoms with Crippen molar-refractivity contribution < 1.29 is 4.74 Å².